The van der Waals surface area contributed by atoms with E-state index < -0.39 is 5.54 Å². The third-order valence-electron chi connectivity index (χ3n) is 2.97. The number of anilines is 1. The predicted molar refractivity (Wildman–Crippen MR) is 76.5 cm³/mol. The van der Waals surface area contributed by atoms with Crippen LogP contribution in [-0.2, 0) is 9.53 Å². The lowest BCUT2D eigenvalue weighted by Crippen LogP contribution is -2.44. The maximum atomic E-state index is 11.9. The van der Waals surface area contributed by atoms with E-state index in [9.17, 15) is 4.79 Å². The summed E-state index contributed by atoms with van der Waals surface area (Å²) in [6, 6.07) is 7.45. The van der Waals surface area contributed by atoms with Gasteiger partial charge < -0.3 is 14.8 Å². The van der Waals surface area contributed by atoms with Crippen LogP contribution in [0.5, 0.6) is 5.75 Å². The van der Waals surface area contributed by atoms with Gasteiger partial charge >= 0.3 is 5.97 Å². The third kappa shape index (κ3) is 4.02. The van der Waals surface area contributed by atoms with Crippen LogP contribution in [0.1, 0.15) is 19.8 Å². The van der Waals surface area contributed by atoms with Crippen LogP contribution in [0.2, 0.25) is 0 Å². The molecule has 1 atom stereocenters. The Balaban J connectivity index is 2.92. The van der Waals surface area contributed by atoms with Crippen LogP contribution in [0.25, 0.3) is 0 Å². The summed E-state index contributed by atoms with van der Waals surface area (Å²) >= 11 is 0. The minimum atomic E-state index is -0.782. The van der Waals surface area contributed by atoms with Crippen LogP contribution in [0.15, 0.2) is 36.9 Å². The highest BCUT2D eigenvalue weighted by molar-refractivity contribution is 5.84. The molecule has 0 saturated heterocycles. The quantitative estimate of drug-likeness (QED) is 0.607. The molecule has 0 aliphatic rings. The summed E-state index contributed by atoms with van der Waals surface area (Å²) in [5.41, 5.74) is 0.0336. The first-order valence-electron chi connectivity index (χ1n) is 6.17. The van der Waals surface area contributed by atoms with Crippen LogP contribution in [0, 0.1) is 0 Å². The molecule has 0 aromatic heterocycles. The minimum absolute atomic E-state index is 0.294. The van der Waals surface area contributed by atoms with Gasteiger partial charge in [0.05, 0.1) is 14.2 Å². The molecule has 1 rings (SSSR count). The van der Waals surface area contributed by atoms with Gasteiger partial charge in [-0.25, -0.2) is 4.79 Å². The number of nitrogens with one attached hydrogen (secondary N) is 1. The highest BCUT2D eigenvalue weighted by Crippen LogP contribution is 2.24. The number of hydrogen-bond acceptors (Lipinski definition) is 4. The molecule has 1 unspecified atom stereocenters. The summed E-state index contributed by atoms with van der Waals surface area (Å²) in [4.78, 5) is 11.9. The van der Waals surface area contributed by atoms with Crippen molar-refractivity contribution in [3.8, 4) is 5.75 Å². The summed E-state index contributed by atoms with van der Waals surface area (Å²) in [5.74, 6) is 0.443. The van der Waals surface area contributed by atoms with Crippen LogP contribution in [-0.4, -0.2) is 25.7 Å². The normalized spacial score (nSPS) is 13.2. The number of hydrogen-bond donors (Lipinski definition) is 1. The molecule has 0 aliphatic carbocycles. The first kappa shape index (κ1) is 15.1. The number of carbonyl (C=O) groups excluding carboxylic acids is 1. The fraction of sp³-hybridized carbons (Fsp3) is 0.400. The predicted octanol–water partition coefficient (Wildman–Crippen LogP) is 3.01. The molecule has 4 nitrogen and oxygen atoms in total. The van der Waals surface area contributed by atoms with Crippen LogP contribution < -0.4 is 10.1 Å². The maximum absolute atomic E-state index is 11.9. The maximum Gasteiger partial charge on any atom is 0.331 e. The van der Waals surface area contributed by atoms with E-state index in [0.717, 1.165) is 17.9 Å². The summed E-state index contributed by atoms with van der Waals surface area (Å²) in [6.07, 6.45) is 3.12. The van der Waals surface area contributed by atoms with Gasteiger partial charge in [0.25, 0.3) is 0 Å². The van der Waals surface area contributed by atoms with Gasteiger partial charge in [0.15, 0.2) is 0 Å². The number of benzene rings is 1. The van der Waals surface area contributed by atoms with E-state index in [0.29, 0.717) is 6.42 Å². The Morgan fingerprint density at radius 1 is 1.47 bits per heavy atom. The van der Waals surface area contributed by atoms with E-state index in [1.165, 1.54) is 7.11 Å². The first-order chi connectivity index (χ1) is 9.05. The number of methoxy groups -OCH3 is 2. The molecule has 0 heterocycles. The van der Waals surface area contributed by atoms with Crippen molar-refractivity contribution in [1.29, 1.82) is 0 Å². The van der Waals surface area contributed by atoms with Crippen molar-refractivity contribution in [2.24, 2.45) is 0 Å². The van der Waals surface area contributed by atoms with Crippen molar-refractivity contribution in [2.75, 3.05) is 19.5 Å². The smallest absolute Gasteiger partial charge is 0.331 e. The second-order valence-electron chi connectivity index (χ2n) is 4.51. The summed E-state index contributed by atoms with van der Waals surface area (Å²) in [7, 11) is 3.00. The molecule has 0 radical (unpaired) electrons. The first-order valence-corrected chi connectivity index (χ1v) is 6.17. The fourth-order valence-corrected chi connectivity index (χ4v) is 1.85. The average Bonchev–Trinajstić information content (AvgIpc) is 2.44. The van der Waals surface area contributed by atoms with Gasteiger partial charge in [-0.1, -0.05) is 12.1 Å². The molecule has 0 spiro atoms. The Morgan fingerprint density at radius 2 is 2.21 bits per heavy atom. The third-order valence-corrected chi connectivity index (χ3v) is 2.97. The summed E-state index contributed by atoms with van der Waals surface area (Å²) in [5, 5.41) is 3.21. The monoisotopic (exact) mass is 263 g/mol. The molecule has 1 aromatic rings. The largest absolute Gasteiger partial charge is 0.497 e. The molecule has 104 valence electrons. The van der Waals surface area contributed by atoms with E-state index in [-0.39, 0.29) is 5.97 Å². The fourth-order valence-electron chi connectivity index (χ4n) is 1.85. The Morgan fingerprint density at radius 3 is 2.79 bits per heavy atom. The van der Waals surface area contributed by atoms with Crippen molar-refractivity contribution in [3.05, 3.63) is 36.9 Å². The SMILES string of the molecule is C=CCCC(C)(Nc1cccc(OC)c1)C(=O)OC. The molecule has 19 heavy (non-hydrogen) atoms. The number of rotatable bonds is 7. The van der Waals surface area contributed by atoms with E-state index in [4.69, 9.17) is 9.47 Å². The Hall–Kier alpha value is -1.97. The topological polar surface area (TPSA) is 47.6 Å². The highest BCUT2D eigenvalue weighted by Gasteiger charge is 2.33. The number of allylic oxidation sites excluding steroid dienone is 1. The van der Waals surface area contributed by atoms with Crippen LogP contribution >= 0.6 is 0 Å². The van der Waals surface area contributed by atoms with Gasteiger partial charge in [-0.05, 0) is 31.9 Å². The minimum Gasteiger partial charge on any atom is -0.497 e. The van der Waals surface area contributed by atoms with E-state index >= 15 is 0 Å². The van der Waals surface area contributed by atoms with Crippen molar-refractivity contribution in [2.45, 2.75) is 25.3 Å². The zero-order valence-corrected chi connectivity index (χ0v) is 11.7. The lowest BCUT2D eigenvalue weighted by molar-refractivity contribution is -0.145. The number of esters is 1. The van der Waals surface area contributed by atoms with E-state index in [1.807, 2.05) is 31.2 Å². The molecule has 1 aromatic carbocycles. The van der Waals surface area contributed by atoms with Gasteiger partial charge in [0.1, 0.15) is 11.3 Å². The molecule has 0 bridgehead atoms. The van der Waals surface area contributed by atoms with Gasteiger partial charge in [-0.3, -0.25) is 0 Å². The van der Waals surface area contributed by atoms with Crippen molar-refractivity contribution >= 4 is 11.7 Å². The van der Waals surface area contributed by atoms with E-state index in [2.05, 4.69) is 11.9 Å². The summed E-state index contributed by atoms with van der Waals surface area (Å²) < 4.78 is 10.0. The number of carbonyl (C=O) groups is 1. The Bertz CT molecular complexity index is 445. The molecule has 0 aliphatic heterocycles. The standard InChI is InChI=1S/C15H21NO3/c1-5-6-10-15(2,14(17)19-4)16-12-8-7-9-13(11-12)18-3/h5,7-9,11,16H,1,6,10H2,2-4H3. The number of ether oxygens (including phenoxy) is 2. The van der Waals surface area contributed by atoms with Gasteiger partial charge in [-0.15, -0.1) is 6.58 Å². The van der Waals surface area contributed by atoms with E-state index in [1.54, 1.807) is 13.2 Å². The Labute approximate surface area is 114 Å². The zero-order valence-electron chi connectivity index (χ0n) is 11.7. The molecular weight excluding hydrogens is 242 g/mol. The lowest BCUT2D eigenvalue weighted by atomic mass is 9.95. The van der Waals surface area contributed by atoms with Crippen molar-refractivity contribution in [1.82, 2.24) is 0 Å². The zero-order chi connectivity index (χ0) is 14.3. The molecule has 0 saturated carbocycles. The lowest BCUT2D eigenvalue weighted by Gasteiger charge is -2.28. The van der Waals surface area contributed by atoms with Crippen LogP contribution in [0.3, 0.4) is 0 Å². The second-order valence-corrected chi connectivity index (χ2v) is 4.51. The van der Waals surface area contributed by atoms with Gasteiger partial charge in [-0.2, -0.15) is 0 Å². The molecule has 0 amide bonds. The van der Waals surface area contributed by atoms with Gasteiger partial charge in [0.2, 0.25) is 0 Å². The van der Waals surface area contributed by atoms with Crippen molar-refractivity contribution in [3.63, 3.8) is 0 Å². The molecule has 0 fully saturated rings. The molecule has 1 N–H and O–H groups in total. The molecule has 4 heteroatoms. The molecular formula is C15H21NO3. The van der Waals surface area contributed by atoms with Crippen molar-refractivity contribution < 1.29 is 14.3 Å². The average molecular weight is 263 g/mol. The highest BCUT2D eigenvalue weighted by atomic mass is 16.5. The van der Waals surface area contributed by atoms with Gasteiger partial charge in [0, 0.05) is 11.8 Å². The Kier molecular flexibility index (Phi) is 5.42. The second kappa shape index (κ2) is 6.83. The summed E-state index contributed by atoms with van der Waals surface area (Å²) in [6.45, 7) is 5.50. The van der Waals surface area contributed by atoms with Crippen LogP contribution in [0.4, 0.5) is 5.69 Å².